The molecule has 0 fully saturated rings. The third kappa shape index (κ3) is 4.99. The van der Waals surface area contributed by atoms with E-state index in [9.17, 15) is 14.7 Å². The molecule has 0 aliphatic heterocycles. The van der Waals surface area contributed by atoms with Gasteiger partial charge in [-0.3, -0.25) is 0 Å². The summed E-state index contributed by atoms with van der Waals surface area (Å²) in [6.45, 7) is 0. The van der Waals surface area contributed by atoms with Crippen molar-refractivity contribution in [2.75, 3.05) is 13.3 Å². The first kappa shape index (κ1) is 23.4. The van der Waals surface area contributed by atoms with Gasteiger partial charge in [0, 0.05) is 0 Å². The maximum atomic E-state index is 12.1. The standard InChI is InChI=1S/C23H22NO4P.ClH/c1-28-23(27)24-21(22(25)26)17-29(18-11-5-2-6-12-18,19-13-7-3-8-14-19)20-15-9-4-10-16-20;/h2-16,21H,17H2,1H3,(H-,24,25,26,27);1H/t21-;/m1./s1. The summed E-state index contributed by atoms with van der Waals surface area (Å²) >= 11 is 0. The molecule has 1 amide bonds. The molecule has 5 nitrogen and oxygen atoms in total. The monoisotopic (exact) mass is 443 g/mol. The van der Waals surface area contributed by atoms with E-state index in [-0.39, 0.29) is 18.6 Å². The van der Waals surface area contributed by atoms with E-state index in [1.807, 2.05) is 91.0 Å². The number of carboxylic acids is 1. The summed E-state index contributed by atoms with van der Waals surface area (Å²) in [6.07, 6.45) is -0.528. The van der Waals surface area contributed by atoms with Crippen molar-refractivity contribution < 1.29 is 31.8 Å². The Morgan fingerprint density at radius 3 is 1.50 bits per heavy atom. The maximum absolute atomic E-state index is 12.1. The summed E-state index contributed by atoms with van der Waals surface area (Å²) in [4.78, 5) is 23.9. The fraction of sp³-hybridized carbons (Fsp3) is 0.130. The average molecular weight is 444 g/mol. The highest BCUT2D eigenvalue weighted by Gasteiger charge is 2.49. The number of hydrogen-bond donors (Lipinski definition) is 2. The first-order chi connectivity index (χ1) is 14.1. The lowest BCUT2D eigenvalue weighted by Gasteiger charge is -2.30. The van der Waals surface area contributed by atoms with Gasteiger partial charge in [-0.05, 0) is 36.4 Å². The van der Waals surface area contributed by atoms with Crippen LogP contribution in [0.4, 0.5) is 4.79 Å². The van der Waals surface area contributed by atoms with E-state index in [2.05, 4.69) is 10.1 Å². The molecule has 0 aromatic heterocycles. The summed E-state index contributed by atoms with van der Waals surface area (Å²) in [7, 11) is -1.16. The van der Waals surface area contributed by atoms with Crippen molar-refractivity contribution in [1.29, 1.82) is 0 Å². The van der Waals surface area contributed by atoms with Crippen molar-refractivity contribution in [3.05, 3.63) is 91.0 Å². The highest BCUT2D eigenvalue weighted by atomic mass is 35.5. The molecule has 30 heavy (non-hydrogen) atoms. The number of halogens is 1. The normalized spacial score (nSPS) is 11.6. The van der Waals surface area contributed by atoms with E-state index in [1.165, 1.54) is 7.11 Å². The van der Waals surface area contributed by atoms with E-state index in [4.69, 9.17) is 0 Å². The van der Waals surface area contributed by atoms with Crippen LogP contribution in [0.2, 0.25) is 0 Å². The molecule has 0 spiro atoms. The van der Waals surface area contributed by atoms with Gasteiger partial charge < -0.3 is 27.6 Å². The SMILES string of the molecule is COC(=O)N[C@H](C[P+](c1ccccc1)(c1ccccc1)c1ccccc1)C(=O)O.[Cl-]. The molecule has 156 valence electrons. The average Bonchev–Trinajstić information content (AvgIpc) is 2.78. The van der Waals surface area contributed by atoms with Crippen molar-refractivity contribution >= 4 is 35.2 Å². The molecule has 3 rings (SSSR count). The van der Waals surface area contributed by atoms with Gasteiger partial charge in [-0.2, -0.15) is 0 Å². The highest BCUT2D eigenvalue weighted by Crippen LogP contribution is 2.55. The van der Waals surface area contributed by atoms with E-state index in [0.29, 0.717) is 0 Å². The van der Waals surface area contributed by atoms with Crippen molar-refractivity contribution in [2.45, 2.75) is 6.04 Å². The second kappa shape index (κ2) is 10.8. The summed E-state index contributed by atoms with van der Waals surface area (Å²) in [5.74, 6) is -1.09. The molecule has 0 saturated heterocycles. The first-order valence-electron chi connectivity index (χ1n) is 9.20. The minimum atomic E-state index is -2.38. The van der Waals surface area contributed by atoms with E-state index in [1.54, 1.807) is 0 Å². The van der Waals surface area contributed by atoms with Crippen LogP contribution in [-0.2, 0) is 9.53 Å². The van der Waals surface area contributed by atoms with Gasteiger partial charge in [0.15, 0.2) is 6.04 Å². The lowest BCUT2D eigenvalue weighted by molar-refractivity contribution is -0.138. The van der Waals surface area contributed by atoms with Crippen molar-refractivity contribution in [2.24, 2.45) is 0 Å². The summed E-state index contributed by atoms with van der Waals surface area (Å²) in [5.41, 5.74) is 0. The molecule has 0 aliphatic carbocycles. The van der Waals surface area contributed by atoms with E-state index >= 15 is 0 Å². The Kier molecular flexibility index (Phi) is 8.40. The van der Waals surface area contributed by atoms with Crippen LogP contribution >= 0.6 is 7.26 Å². The number of nitrogens with one attached hydrogen (secondary N) is 1. The molecule has 2 N–H and O–H groups in total. The molecule has 0 aliphatic rings. The van der Waals surface area contributed by atoms with Gasteiger partial charge in [0.25, 0.3) is 0 Å². The molecule has 3 aromatic carbocycles. The third-order valence-corrected chi connectivity index (χ3v) is 9.27. The summed E-state index contributed by atoms with van der Waals surface area (Å²) < 4.78 is 4.66. The van der Waals surface area contributed by atoms with Gasteiger partial charge in [-0.1, -0.05) is 54.6 Å². The van der Waals surface area contributed by atoms with Crippen LogP contribution < -0.4 is 33.6 Å². The molecule has 0 heterocycles. The molecule has 0 saturated carbocycles. The van der Waals surface area contributed by atoms with Gasteiger partial charge in [0.05, 0.1) is 7.11 Å². The second-order valence-electron chi connectivity index (χ2n) is 6.53. The third-order valence-electron chi connectivity index (χ3n) is 4.82. The van der Waals surface area contributed by atoms with E-state index < -0.39 is 25.4 Å². The molecule has 0 bridgehead atoms. The number of carboxylic acid groups (broad SMARTS) is 1. The van der Waals surface area contributed by atoms with Gasteiger partial charge >= 0.3 is 12.1 Å². The number of methoxy groups -OCH3 is 1. The Bertz CT molecular complexity index is 858. The van der Waals surface area contributed by atoms with Crippen LogP contribution in [-0.4, -0.2) is 36.5 Å². The van der Waals surface area contributed by atoms with Crippen molar-refractivity contribution in [3.63, 3.8) is 0 Å². The number of alkyl carbamates (subject to hydrolysis) is 1. The quantitative estimate of drug-likeness (QED) is 0.496. The lowest BCUT2D eigenvalue weighted by atomic mass is 10.3. The number of aliphatic carboxylic acids is 1. The van der Waals surface area contributed by atoms with Crippen LogP contribution in [0.3, 0.4) is 0 Å². The van der Waals surface area contributed by atoms with Gasteiger partial charge in [-0.25, -0.2) is 9.59 Å². The molecule has 7 heteroatoms. The maximum Gasteiger partial charge on any atom is 0.407 e. The van der Waals surface area contributed by atoms with Crippen LogP contribution in [0.15, 0.2) is 91.0 Å². The van der Waals surface area contributed by atoms with Crippen LogP contribution in [0.5, 0.6) is 0 Å². The molecule has 0 unspecified atom stereocenters. The number of benzene rings is 3. The second-order valence-corrected chi connectivity index (χ2v) is 10.1. The lowest BCUT2D eigenvalue weighted by Crippen LogP contribution is -3.00. The van der Waals surface area contributed by atoms with Gasteiger partial charge in [0.2, 0.25) is 0 Å². The van der Waals surface area contributed by atoms with Crippen LogP contribution in [0.25, 0.3) is 0 Å². The van der Waals surface area contributed by atoms with Crippen LogP contribution in [0.1, 0.15) is 0 Å². The number of ether oxygens (including phenoxy) is 1. The Morgan fingerprint density at radius 1 is 0.833 bits per heavy atom. The van der Waals surface area contributed by atoms with Crippen molar-refractivity contribution in [1.82, 2.24) is 5.32 Å². The topological polar surface area (TPSA) is 75.6 Å². The summed E-state index contributed by atoms with van der Waals surface area (Å²) in [5, 5.41) is 15.5. The van der Waals surface area contributed by atoms with Gasteiger partial charge in [0.1, 0.15) is 29.3 Å². The Balaban J connectivity index is 0.00000320. The summed E-state index contributed by atoms with van der Waals surface area (Å²) in [6, 6.07) is 28.7. The predicted octanol–water partition coefficient (Wildman–Crippen LogP) is -0.206. The number of amides is 1. The predicted molar refractivity (Wildman–Crippen MR) is 117 cm³/mol. The zero-order valence-corrected chi connectivity index (χ0v) is 18.1. The molecule has 0 radical (unpaired) electrons. The fourth-order valence-electron chi connectivity index (χ4n) is 3.47. The molecular weight excluding hydrogens is 421 g/mol. The number of hydrogen-bond acceptors (Lipinski definition) is 3. The number of rotatable bonds is 7. The molecule has 3 aromatic rings. The highest BCUT2D eigenvalue weighted by molar-refractivity contribution is 7.95. The minimum Gasteiger partial charge on any atom is -1.00 e. The zero-order chi connectivity index (χ0) is 20.7. The minimum absolute atomic E-state index is 0. The Labute approximate surface area is 182 Å². The number of carbonyl (C=O) groups is 2. The Hall–Kier alpha value is -2.88. The Morgan fingerprint density at radius 2 is 1.20 bits per heavy atom. The largest absolute Gasteiger partial charge is 1.00 e. The molecular formula is C23H23ClNO4P. The van der Waals surface area contributed by atoms with Crippen molar-refractivity contribution in [3.8, 4) is 0 Å². The smallest absolute Gasteiger partial charge is 0.407 e. The zero-order valence-electron chi connectivity index (χ0n) is 16.4. The number of carbonyl (C=O) groups excluding carboxylic acids is 1. The first-order valence-corrected chi connectivity index (χ1v) is 11.2. The fourth-order valence-corrected chi connectivity index (χ4v) is 7.84. The van der Waals surface area contributed by atoms with E-state index in [0.717, 1.165) is 15.9 Å². The molecule has 1 atom stereocenters. The van der Waals surface area contributed by atoms with Gasteiger partial charge in [-0.15, -0.1) is 0 Å². The van der Waals surface area contributed by atoms with Crippen LogP contribution in [0, 0.1) is 0 Å².